The van der Waals surface area contributed by atoms with E-state index >= 15 is 0 Å². The lowest BCUT2D eigenvalue weighted by Gasteiger charge is -2.43. The summed E-state index contributed by atoms with van der Waals surface area (Å²) in [6.45, 7) is 6.99. The van der Waals surface area contributed by atoms with Crippen LogP contribution in [0.5, 0.6) is 0 Å². The van der Waals surface area contributed by atoms with Gasteiger partial charge in [0.25, 0.3) is 0 Å². The van der Waals surface area contributed by atoms with Gasteiger partial charge in [-0.3, -0.25) is 0 Å². The summed E-state index contributed by atoms with van der Waals surface area (Å²) in [7, 11) is 0. The molecule has 92 valence electrons. The molecule has 3 nitrogen and oxygen atoms in total. The van der Waals surface area contributed by atoms with E-state index in [-0.39, 0.29) is 0 Å². The lowest BCUT2D eigenvalue weighted by molar-refractivity contribution is 0.290. The topological polar surface area (TPSA) is 28.2 Å². The van der Waals surface area contributed by atoms with E-state index in [4.69, 9.17) is 0 Å². The fraction of sp³-hybridized carbons (Fsp3) is 0.643. The van der Waals surface area contributed by atoms with Crippen LogP contribution in [0.4, 0.5) is 5.82 Å². The van der Waals surface area contributed by atoms with Crippen LogP contribution in [0.15, 0.2) is 24.4 Å². The molecule has 0 bridgehead atoms. The molecule has 2 fully saturated rings. The van der Waals surface area contributed by atoms with Crippen LogP contribution in [0, 0.1) is 5.41 Å². The van der Waals surface area contributed by atoms with Gasteiger partial charge in [-0.05, 0) is 30.4 Å². The number of nitrogens with one attached hydrogen (secondary N) is 1. The molecule has 3 heterocycles. The first kappa shape index (κ1) is 11.0. The summed E-state index contributed by atoms with van der Waals surface area (Å²) in [5.41, 5.74) is 0.336. The highest BCUT2D eigenvalue weighted by atomic mass is 15.3. The minimum atomic E-state index is 0.336. The molecule has 0 aliphatic carbocycles. The minimum absolute atomic E-state index is 0.336. The molecule has 2 unspecified atom stereocenters. The molecular weight excluding hydrogens is 210 g/mol. The van der Waals surface area contributed by atoms with Crippen LogP contribution >= 0.6 is 0 Å². The largest absolute Gasteiger partial charge is 0.351 e. The summed E-state index contributed by atoms with van der Waals surface area (Å²) in [4.78, 5) is 7.03. The van der Waals surface area contributed by atoms with E-state index in [1.807, 2.05) is 12.3 Å². The second-order valence-electron chi connectivity index (χ2n) is 5.94. The van der Waals surface area contributed by atoms with Gasteiger partial charge < -0.3 is 10.2 Å². The van der Waals surface area contributed by atoms with Crippen LogP contribution < -0.4 is 10.2 Å². The zero-order chi connectivity index (χ0) is 11.9. The third kappa shape index (κ3) is 1.82. The van der Waals surface area contributed by atoms with Gasteiger partial charge in [-0.2, -0.15) is 0 Å². The predicted molar refractivity (Wildman–Crippen MR) is 70.2 cm³/mol. The van der Waals surface area contributed by atoms with Crippen molar-refractivity contribution in [3.05, 3.63) is 24.4 Å². The highest BCUT2D eigenvalue weighted by Gasteiger charge is 2.46. The molecule has 0 aromatic carbocycles. The lowest BCUT2D eigenvalue weighted by Crippen LogP contribution is -2.53. The number of hydrogen-bond acceptors (Lipinski definition) is 3. The molecule has 1 aromatic rings. The van der Waals surface area contributed by atoms with E-state index in [2.05, 4.69) is 41.2 Å². The zero-order valence-corrected chi connectivity index (χ0v) is 10.7. The number of pyridine rings is 1. The van der Waals surface area contributed by atoms with Crippen molar-refractivity contribution in [2.24, 2.45) is 5.41 Å². The molecule has 0 saturated carbocycles. The van der Waals surface area contributed by atoms with Crippen molar-refractivity contribution in [2.45, 2.75) is 38.8 Å². The second kappa shape index (κ2) is 3.98. The highest BCUT2D eigenvalue weighted by Crippen LogP contribution is 2.38. The maximum Gasteiger partial charge on any atom is 0.128 e. The van der Waals surface area contributed by atoms with Gasteiger partial charge >= 0.3 is 0 Å². The van der Waals surface area contributed by atoms with E-state index in [1.54, 1.807) is 0 Å². The third-order valence-electron chi connectivity index (χ3n) is 4.20. The third-order valence-corrected chi connectivity index (χ3v) is 4.20. The molecule has 1 N–H and O–H groups in total. The Kier molecular flexibility index (Phi) is 2.58. The molecule has 3 heteroatoms. The summed E-state index contributed by atoms with van der Waals surface area (Å²) in [5, 5.41) is 3.68. The number of aromatic nitrogens is 1. The van der Waals surface area contributed by atoms with Gasteiger partial charge in [0.2, 0.25) is 0 Å². The minimum Gasteiger partial charge on any atom is -0.351 e. The quantitative estimate of drug-likeness (QED) is 0.802. The number of hydrogen-bond donors (Lipinski definition) is 1. The zero-order valence-electron chi connectivity index (χ0n) is 10.7. The van der Waals surface area contributed by atoms with E-state index in [1.165, 1.54) is 12.8 Å². The standard InChI is InChI=1S/C14H21N3/c1-14(2)10-16-11-6-5-9-17(13(11)14)12-7-3-4-8-15-12/h3-4,7-8,11,13,16H,5-6,9-10H2,1-2H3. The van der Waals surface area contributed by atoms with Gasteiger partial charge in [-0.1, -0.05) is 19.9 Å². The van der Waals surface area contributed by atoms with Crippen molar-refractivity contribution >= 4 is 5.82 Å². The maximum absolute atomic E-state index is 4.53. The fourth-order valence-electron chi connectivity index (χ4n) is 3.46. The van der Waals surface area contributed by atoms with E-state index in [0.717, 1.165) is 18.9 Å². The molecule has 0 radical (unpaired) electrons. The Morgan fingerprint density at radius 3 is 3.06 bits per heavy atom. The van der Waals surface area contributed by atoms with Crippen molar-refractivity contribution < 1.29 is 0 Å². The molecule has 0 amide bonds. The molecule has 0 spiro atoms. The number of nitrogens with zero attached hydrogens (tertiary/aromatic N) is 2. The van der Waals surface area contributed by atoms with Gasteiger partial charge in [-0.25, -0.2) is 4.98 Å². The lowest BCUT2D eigenvalue weighted by atomic mass is 9.80. The fourth-order valence-corrected chi connectivity index (χ4v) is 3.46. The first-order chi connectivity index (χ1) is 8.18. The molecular formula is C14H21N3. The van der Waals surface area contributed by atoms with Crippen molar-refractivity contribution in [3.63, 3.8) is 0 Å². The Bertz CT molecular complexity index is 388. The Morgan fingerprint density at radius 1 is 1.41 bits per heavy atom. The molecule has 17 heavy (non-hydrogen) atoms. The van der Waals surface area contributed by atoms with Crippen molar-refractivity contribution in [1.82, 2.24) is 10.3 Å². The first-order valence-corrected chi connectivity index (χ1v) is 6.59. The number of fused-ring (bicyclic) bond motifs is 1. The van der Waals surface area contributed by atoms with Crippen molar-refractivity contribution in [1.29, 1.82) is 0 Å². The van der Waals surface area contributed by atoms with Crippen LogP contribution in [0.3, 0.4) is 0 Å². The molecule has 2 aliphatic heterocycles. The summed E-state index contributed by atoms with van der Waals surface area (Å²) in [6, 6.07) is 7.44. The Balaban J connectivity index is 1.93. The van der Waals surface area contributed by atoms with Crippen LogP contribution in [-0.2, 0) is 0 Å². The smallest absolute Gasteiger partial charge is 0.128 e. The monoisotopic (exact) mass is 231 g/mol. The molecule has 2 atom stereocenters. The van der Waals surface area contributed by atoms with Crippen molar-refractivity contribution in [2.75, 3.05) is 18.0 Å². The van der Waals surface area contributed by atoms with E-state index < -0.39 is 0 Å². The van der Waals surface area contributed by atoms with Gasteiger partial charge in [0.05, 0.1) is 6.04 Å². The van der Waals surface area contributed by atoms with Gasteiger partial charge in [0.15, 0.2) is 0 Å². The van der Waals surface area contributed by atoms with Gasteiger partial charge in [0.1, 0.15) is 5.82 Å². The number of piperidine rings is 1. The van der Waals surface area contributed by atoms with E-state index in [9.17, 15) is 0 Å². The van der Waals surface area contributed by atoms with Crippen LogP contribution in [-0.4, -0.2) is 30.2 Å². The summed E-state index contributed by atoms with van der Waals surface area (Å²) in [5.74, 6) is 1.14. The number of anilines is 1. The number of rotatable bonds is 1. The highest BCUT2D eigenvalue weighted by molar-refractivity contribution is 5.42. The summed E-state index contributed by atoms with van der Waals surface area (Å²) in [6.07, 6.45) is 4.46. The maximum atomic E-state index is 4.53. The molecule has 3 rings (SSSR count). The summed E-state index contributed by atoms with van der Waals surface area (Å²) < 4.78 is 0. The van der Waals surface area contributed by atoms with E-state index in [0.29, 0.717) is 17.5 Å². The second-order valence-corrected chi connectivity index (χ2v) is 5.94. The van der Waals surface area contributed by atoms with Gasteiger partial charge in [0, 0.05) is 25.3 Å². The Morgan fingerprint density at radius 2 is 2.29 bits per heavy atom. The first-order valence-electron chi connectivity index (χ1n) is 6.59. The summed E-state index contributed by atoms with van der Waals surface area (Å²) >= 11 is 0. The predicted octanol–water partition coefficient (Wildman–Crippen LogP) is 2.05. The molecule has 2 aliphatic rings. The van der Waals surface area contributed by atoms with Crippen LogP contribution in [0.1, 0.15) is 26.7 Å². The Labute approximate surface area is 103 Å². The average Bonchev–Trinajstić information content (AvgIpc) is 2.67. The van der Waals surface area contributed by atoms with Gasteiger partial charge in [-0.15, -0.1) is 0 Å². The van der Waals surface area contributed by atoms with Crippen LogP contribution in [0.2, 0.25) is 0 Å². The van der Waals surface area contributed by atoms with Crippen LogP contribution in [0.25, 0.3) is 0 Å². The average molecular weight is 231 g/mol. The van der Waals surface area contributed by atoms with Crippen molar-refractivity contribution in [3.8, 4) is 0 Å². The molecule has 1 aromatic heterocycles. The Hall–Kier alpha value is -1.09. The molecule has 2 saturated heterocycles. The normalized spacial score (nSPS) is 31.3. The SMILES string of the molecule is CC1(C)CNC2CCCN(c3ccccn3)C21.